The summed E-state index contributed by atoms with van der Waals surface area (Å²) in [5, 5.41) is 0. The molecule has 1 aliphatic heterocycles. The Balaban J connectivity index is 2.39. The number of ether oxygens (including phenoxy) is 1. The lowest BCUT2D eigenvalue weighted by atomic mass is 10.2. The zero-order chi connectivity index (χ0) is 14.8. The van der Waals surface area contributed by atoms with E-state index in [2.05, 4.69) is 0 Å². The molecule has 1 saturated heterocycles. The number of hydrogen-bond acceptors (Lipinski definition) is 5. The molecule has 1 amide bonds. The van der Waals surface area contributed by atoms with E-state index in [0.717, 1.165) is 4.31 Å². The Labute approximate surface area is 117 Å². The van der Waals surface area contributed by atoms with Crippen LogP contribution in [-0.2, 0) is 26.1 Å². The van der Waals surface area contributed by atoms with Crippen LogP contribution in [0.1, 0.15) is 5.56 Å². The van der Waals surface area contributed by atoms with Gasteiger partial charge in [0, 0.05) is 13.1 Å². The van der Waals surface area contributed by atoms with Crippen LogP contribution in [0.15, 0.2) is 29.2 Å². The van der Waals surface area contributed by atoms with Crippen molar-refractivity contribution in [2.75, 3.05) is 19.8 Å². The highest BCUT2D eigenvalue weighted by Crippen LogP contribution is 2.21. The van der Waals surface area contributed by atoms with Crippen LogP contribution in [0.5, 0.6) is 0 Å². The van der Waals surface area contributed by atoms with Crippen molar-refractivity contribution in [3.05, 3.63) is 29.8 Å². The van der Waals surface area contributed by atoms with Crippen LogP contribution in [0, 0.1) is 0 Å². The molecular formula is C12H17N3O4S. The molecule has 2 rings (SSSR count). The number of nitrogens with zero attached hydrogens (tertiary/aromatic N) is 1. The zero-order valence-corrected chi connectivity index (χ0v) is 11.7. The topological polar surface area (TPSA) is 116 Å². The first-order valence-electron chi connectivity index (χ1n) is 6.14. The number of benzene rings is 1. The van der Waals surface area contributed by atoms with Crippen LogP contribution < -0.4 is 11.5 Å². The smallest absolute Gasteiger partial charge is 0.243 e. The van der Waals surface area contributed by atoms with Crippen LogP contribution in [0.25, 0.3) is 0 Å². The predicted molar refractivity (Wildman–Crippen MR) is 72.0 cm³/mol. The number of morpholine rings is 1. The molecule has 1 fully saturated rings. The number of sulfonamides is 1. The van der Waals surface area contributed by atoms with Crippen LogP contribution in [0.4, 0.5) is 0 Å². The van der Waals surface area contributed by atoms with Crippen molar-refractivity contribution in [2.45, 2.75) is 17.5 Å². The van der Waals surface area contributed by atoms with Gasteiger partial charge in [-0.05, 0) is 17.7 Å². The van der Waals surface area contributed by atoms with Crippen LogP contribution >= 0.6 is 0 Å². The average molecular weight is 299 g/mol. The van der Waals surface area contributed by atoms with E-state index >= 15 is 0 Å². The molecule has 20 heavy (non-hydrogen) atoms. The fourth-order valence-electron chi connectivity index (χ4n) is 2.07. The molecule has 0 spiro atoms. The molecule has 0 bridgehead atoms. The zero-order valence-electron chi connectivity index (χ0n) is 10.9. The minimum Gasteiger partial charge on any atom is -0.378 e. The lowest BCUT2D eigenvalue weighted by Gasteiger charge is -2.32. The second-order valence-electron chi connectivity index (χ2n) is 4.46. The molecular weight excluding hydrogens is 282 g/mol. The Hall–Kier alpha value is -1.48. The van der Waals surface area contributed by atoms with Crippen molar-refractivity contribution in [2.24, 2.45) is 11.5 Å². The summed E-state index contributed by atoms with van der Waals surface area (Å²) in [6, 6.07) is 5.36. The van der Waals surface area contributed by atoms with Crippen molar-refractivity contribution in [3.63, 3.8) is 0 Å². The van der Waals surface area contributed by atoms with Gasteiger partial charge in [-0.2, -0.15) is 4.31 Å². The van der Waals surface area contributed by atoms with Crippen molar-refractivity contribution < 1.29 is 17.9 Å². The summed E-state index contributed by atoms with van der Waals surface area (Å²) < 4.78 is 31.4. The van der Waals surface area contributed by atoms with E-state index in [9.17, 15) is 13.2 Å². The number of rotatable bonds is 4. The van der Waals surface area contributed by atoms with Crippen LogP contribution in [-0.4, -0.2) is 44.4 Å². The van der Waals surface area contributed by atoms with E-state index in [-0.39, 0.29) is 31.2 Å². The van der Waals surface area contributed by atoms with Crippen LogP contribution in [0.2, 0.25) is 0 Å². The second-order valence-corrected chi connectivity index (χ2v) is 6.35. The second kappa shape index (κ2) is 5.88. The minimum atomic E-state index is -3.79. The monoisotopic (exact) mass is 299 g/mol. The summed E-state index contributed by atoms with van der Waals surface area (Å²) in [6.07, 6.45) is 0. The maximum Gasteiger partial charge on any atom is 0.243 e. The fraction of sp³-hybridized carbons (Fsp3) is 0.417. The number of carbonyl (C=O) groups excluding carboxylic acids is 1. The van der Waals surface area contributed by atoms with E-state index in [1.54, 1.807) is 12.1 Å². The summed E-state index contributed by atoms with van der Waals surface area (Å²) in [7, 11) is -3.79. The number of amides is 1. The lowest BCUT2D eigenvalue weighted by molar-refractivity contribution is -0.125. The molecule has 1 aromatic carbocycles. The Morgan fingerprint density at radius 1 is 1.45 bits per heavy atom. The van der Waals surface area contributed by atoms with E-state index < -0.39 is 22.0 Å². The summed E-state index contributed by atoms with van der Waals surface area (Å²) in [6.45, 7) is 0.555. The minimum absolute atomic E-state index is 0.0227. The Bertz CT molecular complexity index is 602. The molecule has 0 saturated carbocycles. The maximum absolute atomic E-state index is 12.6. The fourth-order valence-corrected chi connectivity index (χ4v) is 3.70. The first-order valence-corrected chi connectivity index (χ1v) is 7.58. The van der Waals surface area contributed by atoms with Gasteiger partial charge in [0.2, 0.25) is 15.9 Å². The summed E-state index contributed by atoms with van der Waals surface area (Å²) in [5.74, 6) is -0.719. The Morgan fingerprint density at radius 2 is 2.20 bits per heavy atom. The molecule has 1 aromatic rings. The number of carbonyl (C=O) groups is 1. The average Bonchev–Trinajstić information content (AvgIpc) is 2.47. The predicted octanol–water partition coefficient (Wildman–Crippen LogP) is -0.980. The van der Waals surface area contributed by atoms with Crippen molar-refractivity contribution in [3.8, 4) is 0 Å². The standard InChI is InChI=1S/C12H17N3O4S/c13-7-9-2-1-3-10(6-9)20(17,18)15-4-5-19-8-11(15)12(14)16/h1-3,6,11H,4-5,7-8,13H2,(H2,14,16). The number of nitrogens with two attached hydrogens (primary N) is 2. The normalized spacial score (nSPS) is 20.8. The van der Waals surface area contributed by atoms with Gasteiger partial charge in [0.1, 0.15) is 6.04 Å². The van der Waals surface area contributed by atoms with E-state index in [0.29, 0.717) is 5.56 Å². The first-order chi connectivity index (χ1) is 9.46. The van der Waals surface area contributed by atoms with Crippen LogP contribution in [0.3, 0.4) is 0 Å². The van der Waals surface area contributed by atoms with Gasteiger partial charge in [-0.15, -0.1) is 0 Å². The first kappa shape index (κ1) is 14.9. The lowest BCUT2D eigenvalue weighted by Crippen LogP contribution is -2.54. The molecule has 8 heteroatoms. The van der Waals surface area contributed by atoms with Gasteiger partial charge < -0.3 is 16.2 Å². The molecule has 0 aromatic heterocycles. The summed E-state index contributed by atoms with van der Waals surface area (Å²) in [4.78, 5) is 11.5. The number of primary amides is 1. The third kappa shape index (κ3) is 2.83. The Morgan fingerprint density at radius 3 is 2.85 bits per heavy atom. The van der Waals surface area contributed by atoms with Gasteiger partial charge >= 0.3 is 0 Å². The Kier molecular flexibility index (Phi) is 4.39. The third-order valence-electron chi connectivity index (χ3n) is 3.15. The maximum atomic E-state index is 12.6. The highest BCUT2D eigenvalue weighted by atomic mass is 32.2. The molecule has 7 nitrogen and oxygen atoms in total. The highest BCUT2D eigenvalue weighted by Gasteiger charge is 2.37. The van der Waals surface area contributed by atoms with Gasteiger partial charge in [-0.25, -0.2) is 8.42 Å². The molecule has 110 valence electrons. The van der Waals surface area contributed by atoms with Crippen molar-refractivity contribution in [1.82, 2.24) is 4.31 Å². The van der Waals surface area contributed by atoms with Crippen molar-refractivity contribution >= 4 is 15.9 Å². The molecule has 1 heterocycles. The largest absolute Gasteiger partial charge is 0.378 e. The molecule has 0 radical (unpaired) electrons. The van der Waals surface area contributed by atoms with E-state index in [1.807, 2.05) is 0 Å². The summed E-state index contributed by atoms with van der Waals surface area (Å²) in [5.41, 5.74) is 11.5. The highest BCUT2D eigenvalue weighted by molar-refractivity contribution is 7.89. The molecule has 1 atom stereocenters. The molecule has 1 unspecified atom stereocenters. The molecule has 1 aliphatic rings. The van der Waals surface area contributed by atoms with E-state index in [4.69, 9.17) is 16.2 Å². The quantitative estimate of drug-likeness (QED) is 0.741. The molecule has 4 N–H and O–H groups in total. The van der Waals surface area contributed by atoms with Gasteiger partial charge in [-0.1, -0.05) is 12.1 Å². The molecule has 0 aliphatic carbocycles. The van der Waals surface area contributed by atoms with Crippen molar-refractivity contribution in [1.29, 1.82) is 0 Å². The SMILES string of the molecule is NCc1cccc(S(=O)(=O)N2CCOCC2C(N)=O)c1. The van der Waals surface area contributed by atoms with Gasteiger partial charge in [0.15, 0.2) is 0 Å². The van der Waals surface area contributed by atoms with Gasteiger partial charge in [0.25, 0.3) is 0 Å². The summed E-state index contributed by atoms with van der Waals surface area (Å²) >= 11 is 0. The van der Waals surface area contributed by atoms with E-state index in [1.165, 1.54) is 12.1 Å². The van der Waals surface area contributed by atoms with Gasteiger partial charge in [-0.3, -0.25) is 4.79 Å². The van der Waals surface area contributed by atoms with Gasteiger partial charge in [0.05, 0.1) is 18.1 Å². The third-order valence-corrected chi connectivity index (χ3v) is 5.05. The number of hydrogen-bond donors (Lipinski definition) is 2.